The molecule has 1 aromatic heterocycles. The number of aromatic hydroxyl groups is 1. The van der Waals surface area contributed by atoms with Crippen molar-refractivity contribution in [1.29, 1.82) is 0 Å². The van der Waals surface area contributed by atoms with Crippen LogP contribution in [0.2, 0.25) is 0 Å². The number of rotatable bonds is 3. The molecule has 0 saturated carbocycles. The molecule has 0 aliphatic heterocycles. The average molecular weight is 412 g/mol. The van der Waals surface area contributed by atoms with Gasteiger partial charge in [-0.2, -0.15) is 0 Å². The normalized spacial score (nSPS) is 11.0. The van der Waals surface area contributed by atoms with E-state index in [-0.39, 0.29) is 5.75 Å². The van der Waals surface area contributed by atoms with Gasteiger partial charge >= 0.3 is 5.95 Å². The number of H-pyrrole nitrogens is 1. The first kappa shape index (κ1) is 14.4. The molecule has 1 heterocycles. The molecule has 4 nitrogen and oxygen atoms in total. The summed E-state index contributed by atoms with van der Waals surface area (Å²) in [6.45, 7) is 0.518. The highest BCUT2D eigenvalue weighted by Gasteiger charge is 2.15. The molecule has 0 bridgehead atoms. The van der Waals surface area contributed by atoms with Gasteiger partial charge in [0.15, 0.2) is 0 Å². The van der Waals surface area contributed by atoms with Crippen molar-refractivity contribution < 1.29 is 9.67 Å². The Bertz CT molecular complexity index is 814. The molecule has 0 saturated heterocycles. The highest BCUT2D eigenvalue weighted by atomic mass is 79.9. The van der Waals surface area contributed by atoms with Crippen molar-refractivity contribution in [3.63, 3.8) is 0 Å². The van der Waals surface area contributed by atoms with Crippen LogP contribution in [0.15, 0.2) is 45.3 Å². The number of hydrogen-bond donors (Lipinski definition) is 3. The van der Waals surface area contributed by atoms with Gasteiger partial charge in [0.05, 0.1) is 18.1 Å². The number of aromatic amines is 1. The zero-order chi connectivity index (χ0) is 15.0. The van der Waals surface area contributed by atoms with Crippen LogP contribution in [-0.2, 0) is 13.6 Å². The minimum Gasteiger partial charge on any atom is -0.506 e. The molecule has 21 heavy (non-hydrogen) atoms. The number of phenolic OH excluding ortho intramolecular Hbond substituents is 1. The molecule has 0 amide bonds. The van der Waals surface area contributed by atoms with E-state index in [1.54, 1.807) is 0 Å². The van der Waals surface area contributed by atoms with Crippen LogP contribution in [0.1, 0.15) is 5.56 Å². The van der Waals surface area contributed by atoms with E-state index in [0.717, 1.165) is 27.0 Å². The Morgan fingerprint density at radius 3 is 2.76 bits per heavy atom. The Morgan fingerprint density at radius 1 is 1.24 bits per heavy atom. The second-order valence-electron chi connectivity index (χ2n) is 4.80. The lowest BCUT2D eigenvalue weighted by Gasteiger charge is -2.06. The largest absolute Gasteiger partial charge is 0.506 e. The summed E-state index contributed by atoms with van der Waals surface area (Å²) in [5.41, 5.74) is 3.01. The molecule has 108 valence electrons. The molecule has 0 fully saturated rings. The highest BCUT2D eigenvalue weighted by molar-refractivity contribution is 9.11. The maximum Gasteiger partial charge on any atom is 0.356 e. The molecule has 0 spiro atoms. The fourth-order valence-corrected chi connectivity index (χ4v) is 3.61. The second kappa shape index (κ2) is 5.69. The number of nitrogens with one attached hydrogen (secondary N) is 2. The van der Waals surface area contributed by atoms with Gasteiger partial charge in [-0.1, -0.05) is 28.1 Å². The van der Waals surface area contributed by atoms with Crippen molar-refractivity contribution >= 4 is 48.8 Å². The van der Waals surface area contributed by atoms with Crippen LogP contribution in [0.3, 0.4) is 0 Å². The standard InChI is InChI=1S/C15H13Br2N3O/c1-20-13-5-3-2-4-12(13)19-15(20)18-8-9-6-10(16)7-11(17)14(9)21/h2-7H,8H2,1H3,(H2,18,19,21)/p+1. The van der Waals surface area contributed by atoms with Gasteiger partial charge in [0, 0.05) is 10.0 Å². The topological polar surface area (TPSA) is 51.9 Å². The second-order valence-corrected chi connectivity index (χ2v) is 6.57. The minimum absolute atomic E-state index is 0.254. The SMILES string of the molecule is C[n+]1c(NCc2cc(Br)cc(Br)c2O)[nH]c2ccccc21. The van der Waals surface area contributed by atoms with Crippen molar-refractivity contribution in [2.75, 3.05) is 5.32 Å². The van der Waals surface area contributed by atoms with E-state index in [1.807, 2.05) is 37.4 Å². The molecule has 6 heteroatoms. The van der Waals surface area contributed by atoms with Crippen molar-refractivity contribution in [2.24, 2.45) is 7.05 Å². The van der Waals surface area contributed by atoms with Gasteiger partial charge in [-0.05, 0) is 40.2 Å². The Balaban J connectivity index is 1.89. The number of phenols is 1. The lowest BCUT2D eigenvalue weighted by atomic mass is 10.2. The van der Waals surface area contributed by atoms with Crippen molar-refractivity contribution in [1.82, 2.24) is 4.98 Å². The first-order valence-corrected chi connectivity index (χ1v) is 8.02. The summed E-state index contributed by atoms with van der Waals surface area (Å²) >= 11 is 6.78. The number of imidazole rings is 1. The maximum absolute atomic E-state index is 10.1. The van der Waals surface area contributed by atoms with Crippen LogP contribution in [0.4, 0.5) is 5.95 Å². The first-order chi connectivity index (χ1) is 10.1. The molecular formula is C15H14Br2N3O+. The molecule has 3 aromatic rings. The van der Waals surface area contributed by atoms with Gasteiger partial charge in [0.2, 0.25) is 0 Å². The number of para-hydroxylation sites is 2. The fourth-order valence-electron chi connectivity index (χ4n) is 2.30. The van der Waals surface area contributed by atoms with Crippen LogP contribution in [0, 0.1) is 0 Å². The Kier molecular flexibility index (Phi) is 3.91. The van der Waals surface area contributed by atoms with Gasteiger partial charge in [-0.25, -0.2) is 9.55 Å². The Hall–Kier alpha value is -1.53. The summed E-state index contributed by atoms with van der Waals surface area (Å²) in [5, 5.41) is 13.4. The molecule has 0 aliphatic rings. The van der Waals surface area contributed by atoms with Crippen LogP contribution in [0.25, 0.3) is 11.0 Å². The van der Waals surface area contributed by atoms with Gasteiger partial charge in [-0.3, -0.25) is 5.32 Å². The predicted molar refractivity (Wildman–Crippen MR) is 90.3 cm³/mol. The predicted octanol–water partition coefficient (Wildman–Crippen LogP) is 3.84. The third-order valence-electron chi connectivity index (χ3n) is 3.41. The lowest BCUT2D eigenvalue weighted by Crippen LogP contribution is -2.30. The smallest absolute Gasteiger partial charge is 0.356 e. The number of hydrogen-bond acceptors (Lipinski definition) is 2. The van der Waals surface area contributed by atoms with E-state index in [1.165, 1.54) is 0 Å². The van der Waals surface area contributed by atoms with E-state index in [2.05, 4.69) is 52.8 Å². The number of aromatic nitrogens is 2. The van der Waals surface area contributed by atoms with E-state index in [9.17, 15) is 5.11 Å². The summed E-state index contributed by atoms with van der Waals surface area (Å²) in [6, 6.07) is 11.8. The third-order valence-corrected chi connectivity index (χ3v) is 4.47. The lowest BCUT2D eigenvalue weighted by molar-refractivity contribution is -0.630. The number of aryl methyl sites for hydroxylation is 1. The summed E-state index contributed by atoms with van der Waals surface area (Å²) < 4.78 is 3.65. The zero-order valence-electron chi connectivity index (χ0n) is 11.3. The van der Waals surface area contributed by atoms with E-state index >= 15 is 0 Å². The molecule has 0 unspecified atom stereocenters. The average Bonchev–Trinajstić information content (AvgIpc) is 2.78. The monoisotopic (exact) mass is 410 g/mol. The summed E-state index contributed by atoms with van der Waals surface area (Å²) in [5.74, 6) is 1.15. The molecule has 3 rings (SSSR count). The number of anilines is 1. The number of fused-ring (bicyclic) bond motifs is 1. The van der Waals surface area contributed by atoms with Gasteiger partial charge in [0.1, 0.15) is 16.8 Å². The van der Waals surface area contributed by atoms with Crippen molar-refractivity contribution in [3.8, 4) is 5.75 Å². The third kappa shape index (κ3) is 2.78. The van der Waals surface area contributed by atoms with Crippen LogP contribution >= 0.6 is 31.9 Å². The van der Waals surface area contributed by atoms with Crippen LogP contribution < -0.4 is 9.88 Å². The molecule has 2 aromatic carbocycles. The molecular weight excluding hydrogens is 398 g/mol. The van der Waals surface area contributed by atoms with E-state index in [4.69, 9.17) is 0 Å². The highest BCUT2D eigenvalue weighted by Crippen LogP contribution is 2.31. The summed E-state index contributed by atoms with van der Waals surface area (Å²) in [6.07, 6.45) is 0. The van der Waals surface area contributed by atoms with E-state index < -0.39 is 0 Å². The minimum atomic E-state index is 0.254. The van der Waals surface area contributed by atoms with Crippen LogP contribution in [0.5, 0.6) is 5.75 Å². The molecule has 3 N–H and O–H groups in total. The number of benzene rings is 2. The fraction of sp³-hybridized carbons (Fsp3) is 0.133. The molecule has 0 aliphatic carbocycles. The zero-order valence-corrected chi connectivity index (χ0v) is 14.5. The quantitative estimate of drug-likeness (QED) is 0.573. The van der Waals surface area contributed by atoms with Gasteiger partial charge < -0.3 is 5.11 Å². The Morgan fingerprint density at radius 2 is 2.00 bits per heavy atom. The number of nitrogens with zero attached hydrogens (tertiary/aromatic N) is 1. The summed E-state index contributed by atoms with van der Waals surface area (Å²) in [7, 11) is 2.00. The van der Waals surface area contributed by atoms with E-state index in [0.29, 0.717) is 11.0 Å². The summed E-state index contributed by atoms with van der Waals surface area (Å²) in [4.78, 5) is 3.33. The van der Waals surface area contributed by atoms with Crippen molar-refractivity contribution in [3.05, 3.63) is 50.9 Å². The first-order valence-electron chi connectivity index (χ1n) is 6.44. The molecule has 0 radical (unpaired) electrons. The van der Waals surface area contributed by atoms with Crippen LogP contribution in [-0.4, -0.2) is 10.1 Å². The molecule has 0 atom stereocenters. The number of halogens is 2. The van der Waals surface area contributed by atoms with Gasteiger partial charge in [-0.15, -0.1) is 0 Å². The van der Waals surface area contributed by atoms with Crippen molar-refractivity contribution in [2.45, 2.75) is 6.54 Å². The van der Waals surface area contributed by atoms with Gasteiger partial charge in [0.25, 0.3) is 0 Å². The Labute approximate surface area is 139 Å². The maximum atomic E-state index is 10.1.